The number of amides is 1. The van der Waals surface area contributed by atoms with Crippen molar-refractivity contribution >= 4 is 11.9 Å². The van der Waals surface area contributed by atoms with Gasteiger partial charge in [-0.3, -0.25) is 9.59 Å². The van der Waals surface area contributed by atoms with E-state index in [1.807, 2.05) is 13.8 Å². The monoisotopic (exact) mass is 609 g/mol. The lowest BCUT2D eigenvalue weighted by atomic mass is 9.63. The summed E-state index contributed by atoms with van der Waals surface area (Å²) in [6, 6.07) is 8.25. The van der Waals surface area contributed by atoms with Gasteiger partial charge in [0.2, 0.25) is 5.67 Å². The first-order chi connectivity index (χ1) is 20.0. The highest BCUT2D eigenvalue weighted by molar-refractivity contribution is 5.86. The number of fused-ring (bicyclic) bond motifs is 3. The smallest absolute Gasteiger partial charge is 0.426 e. The van der Waals surface area contributed by atoms with E-state index in [2.05, 4.69) is 0 Å². The van der Waals surface area contributed by atoms with Gasteiger partial charge in [-0.15, -0.1) is 0 Å². The molecular formula is C33H37F6NO3. The molecule has 3 aliphatic rings. The molecule has 0 aromatic heterocycles. The van der Waals surface area contributed by atoms with Gasteiger partial charge in [-0.25, -0.2) is 13.2 Å². The number of alkyl halides is 5. The van der Waals surface area contributed by atoms with Crippen molar-refractivity contribution in [2.75, 3.05) is 6.54 Å². The van der Waals surface area contributed by atoms with Crippen molar-refractivity contribution in [3.63, 3.8) is 0 Å². The van der Waals surface area contributed by atoms with Crippen LogP contribution in [0.25, 0.3) is 0 Å². The van der Waals surface area contributed by atoms with Crippen LogP contribution in [-0.2, 0) is 33.5 Å². The van der Waals surface area contributed by atoms with Crippen molar-refractivity contribution in [2.45, 2.75) is 107 Å². The Morgan fingerprint density at radius 2 is 1.70 bits per heavy atom. The second kappa shape index (κ2) is 10.8. The number of aryl methyl sites for hydroxylation is 1. The molecule has 5 rings (SSSR count). The minimum Gasteiger partial charge on any atom is -0.481 e. The van der Waals surface area contributed by atoms with Gasteiger partial charge in [0.1, 0.15) is 5.82 Å². The standard InChI is InChI=1S/C33H37F6NO3/c1-19(2)24-16-20(4-8-26(24)34)18-31-14-15-40(29(43)32(36)12-10-21(11-13-32)28(41)42)27(31)9-5-22-17-23(6-7-25(22)31)30(3,35)33(37,38)39/h4,6-8,16-17,19,21,27H,5,9-15,18H2,1-3H3,(H,41,42). The Hall–Kier alpha value is -3.04. The van der Waals surface area contributed by atoms with Gasteiger partial charge >= 0.3 is 12.1 Å². The van der Waals surface area contributed by atoms with Crippen molar-refractivity contribution in [3.8, 4) is 0 Å². The van der Waals surface area contributed by atoms with E-state index in [9.17, 15) is 36.6 Å². The number of hydrogen-bond donors (Lipinski definition) is 1. The van der Waals surface area contributed by atoms with Gasteiger partial charge in [-0.2, -0.15) is 13.2 Å². The summed E-state index contributed by atoms with van der Waals surface area (Å²) in [6.07, 6.45) is -4.04. The van der Waals surface area contributed by atoms with E-state index in [0.29, 0.717) is 42.9 Å². The Kier molecular flexibility index (Phi) is 7.91. The van der Waals surface area contributed by atoms with Gasteiger partial charge in [0.25, 0.3) is 5.91 Å². The average Bonchev–Trinajstić information content (AvgIpc) is 3.32. The first kappa shape index (κ1) is 31.4. The molecule has 1 saturated heterocycles. The Bertz CT molecular complexity index is 1410. The molecule has 1 aliphatic heterocycles. The molecule has 3 unspecified atom stereocenters. The highest BCUT2D eigenvalue weighted by Crippen LogP contribution is 2.52. The molecule has 2 aliphatic carbocycles. The van der Waals surface area contributed by atoms with Crippen molar-refractivity contribution in [3.05, 3.63) is 70.0 Å². The zero-order valence-corrected chi connectivity index (χ0v) is 24.5. The molecule has 1 saturated carbocycles. The van der Waals surface area contributed by atoms with Gasteiger partial charge in [0.05, 0.1) is 5.92 Å². The maximum absolute atomic E-state index is 16.2. The van der Waals surface area contributed by atoms with Crippen LogP contribution in [0.3, 0.4) is 0 Å². The first-order valence-electron chi connectivity index (χ1n) is 14.9. The number of carboxylic acid groups (broad SMARTS) is 1. The minimum atomic E-state index is -5.11. The summed E-state index contributed by atoms with van der Waals surface area (Å²) < 4.78 is 86.4. The van der Waals surface area contributed by atoms with Crippen molar-refractivity contribution in [1.82, 2.24) is 4.90 Å². The van der Waals surface area contributed by atoms with E-state index in [4.69, 9.17) is 0 Å². The maximum Gasteiger partial charge on any atom is 0.426 e. The van der Waals surface area contributed by atoms with Crippen LogP contribution in [0.1, 0.15) is 93.0 Å². The van der Waals surface area contributed by atoms with Crippen LogP contribution in [-0.4, -0.2) is 46.3 Å². The largest absolute Gasteiger partial charge is 0.481 e. The number of nitrogens with zero attached hydrogens (tertiary/aromatic N) is 1. The van der Waals surface area contributed by atoms with Gasteiger partial charge in [-0.05, 0) is 98.1 Å². The van der Waals surface area contributed by atoms with Gasteiger partial charge in [0, 0.05) is 18.0 Å². The third kappa shape index (κ3) is 5.33. The third-order valence-electron chi connectivity index (χ3n) is 10.2. The predicted molar refractivity (Wildman–Crippen MR) is 149 cm³/mol. The number of likely N-dealkylation sites (tertiary alicyclic amines) is 1. The molecule has 0 spiro atoms. The second-order valence-corrected chi connectivity index (χ2v) is 13.1. The molecule has 2 aromatic rings. The number of halogens is 6. The fourth-order valence-corrected chi connectivity index (χ4v) is 7.57. The quantitative estimate of drug-likeness (QED) is 0.342. The van der Waals surface area contributed by atoms with Crippen LogP contribution in [0.5, 0.6) is 0 Å². The zero-order chi connectivity index (χ0) is 31.5. The molecule has 1 amide bonds. The van der Waals surface area contributed by atoms with E-state index in [0.717, 1.165) is 11.6 Å². The third-order valence-corrected chi connectivity index (χ3v) is 10.2. The molecular weight excluding hydrogens is 572 g/mol. The van der Waals surface area contributed by atoms with Crippen molar-refractivity contribution < 1.29 is 41.0 Å². The molecule has 4 nitrogen and oxygen atoms in total. The normalized spacial score (nSPS) is 28.7. The fourth-order valence-electron chi connectivity index (χ4n) is 7.57. The lowest BCUT2D eigenvalue weighted by molar-refractivity contribution is -0.228. The molecule has 0 bridgehead atoms. The molecule has 2 fully saturated rings. The van der Waals surface area contributed by atoms with Crippen molar-refractivity contribution in [1.29, 1.82) is 0 Å². The van der Waals surface area contributed by atoms with Crippen LogP contribution in [0.4, 0.5) is 26.3 Å². The van der Waals surface area contributed by atoms with Crippen LogP contribution >= 0.6 is 0 Å². The van der Waals surface area contributed by atoms with E-state index in [1.165, 1.54) is 18.2 Å². The minimum absolute atomic E-state index is 0.0571. The Labute approximate surface area is 247 Å². The predicted octanol–water partition coefficient (Wildman–Crippen LogP) is 7.71. The lowest BCUT2D eigenvalue weighted by Gasteiger charge is -2.45. The Morgan fingerprint density at radius 1 is 1.02 bits per heavy atom. The number of aliphatic carboxylic acids is 1. The summed E-state index contributed by atoms with van der Waals surface area (Å²) in [5, 5.41) is 9.34. The number of benzene rings is 2. The van der Waals surface area contributed by atoms with Gasteiger partial charge < -0.3 is 10.0 Å². The zero-order valence-electron chi connectivity index (χ0n) is 24.5. The summed E-state index contributed by atoms with van der Waals surface area (Å²) in [7, 11) is 0. The molecule has 1 N–H and O–H groups in total. The summed E-state index contributed by atoms with van der Waals surface area (Å²) in [5.74, 6) is -2.84. The topological polar surface area (TPSA) is 57.6 Å². The van der Waals surface area contributed by atoms with Crippen LogP contribution in [0.15, 0.2) is 36.4 Å². The number of carbonyl (C=O) groups is 2. The highest BCUT2D eigenvalue weighted by Gasteiger charge is 2.58. The van der Waals surface area contributed by atoms with Crippen LogP contribution in [0, 0.1) is 11.7 Å². The molecule has 43 heavy (non-hydrogen) atoms. The maximum atomic E-state index is 16.2. The number of rotatable bonds is 6. The number of carboxylic acids is 1. The molecule has 234 valence electrons. The average molecular weight is 610 g/mol. The molecule has 1 heterocycles. The number of hydrogen-bond acceptors (Lipinski definition) is 2. The van der Waals surface area contributed by atoms with Gasteiger partial charge in [-0.1, -0.05) is 44.2 Å². The second-order valence-electron chi connectivity index (χ2n) is 13.1. The summed E-state index contributed by atoms with van der Waals surface area (Å²) >= 11 is 0. The van der Waals surface area contributed by atoms with Crippen LogP contribution < -0.4 is 0 Å². The van der Waals surface area contributed by atoms with E-state index >= 15 is 4.39 Å². The molecule has 3 atom stereocenters. The van der Waals surface area contributed by atoms with E-state index in [-0.39, 0.29) is 50.4 Å². The SMILES string of the molecule is CC(C)c1cc(CC23CCN(C(=O)C4(F)CCC(C(=O)O)CC4)C2CCc2cc(C(C)(F)C(F)(F)F)ccc23)ccc1F. The molecule has 0 radical (unpaired) electrons. The van der Waals surface area contributed by atoms with E-state index in [1.54, 1.807) is 17.0 Å². The Morgan fingerprint density at radius 3 is 2.30 bits per heavy atom. The summed E-state index contributed by atoms with van der Waals surface area (Å²) in [4.78, 5) is 26.8. The lowest BCUT2D eigenvalue weighted by Crippen LogP contribution is -2.55. The fraction of sp³-hybridized carbons (Fsp3) is 0.576. The van der Waals surface area contributed by atoms with Gasteiger partial charge in [0.15, 0.2) is 5.67 Å². The summed E-state index contributed by atoms with van der Waals surface area (Å²) in [6.45, 7) is 4.44. The van der Waals surface area contributed by atoms with Crippen molar-refractivity contribution in [2.24, 2.45) is 5.92 Å². The Balaban J connectivity index is 1.55. The molecule has 10 heteroatoms. The molecule has 2 aromatic carbocycles. The first-order valence-corrected chi connectivity index (χ1v) is 14.9. The summed E-state index contributed by atoms with van der Waals surface area (Å²) in [5.41, 5.74) is -4.52. The number of carbonyl (C=O) groups excluding carboxylic acids is 1. The van der Waals surface area contributed by atoms with Crippen LogP contribution in [0.2, 0.25) is 0 Å². The van der Waals surface area contributed by atoms with E-state index < -0.39 is 52.3 Å². The highest BCUT2D eigenvalue weighted by atomic mass is 19.4.